The largest absolute Gasteiger partial charge is 0.369 e. The summed E-state index contributed by atoms with van der Waals surface area (Å²) < 4.78 is 28.1. The Kier molecular flexibility index (Phi) is 3.63. The van der Waals surface area contributed by atoms with Gasteiger partial charge in [-0.25, -0.2) is 8.78 Å². The minimum Gasteiger partial charge on any atom is -0.369 e. The van der Waals surface area contributed by atoms with Gasteiger partial charge in [-0.2, -0.15) is 0 Å². The van der Waals surface area contributed by atoms with E-state index in [-0.39, 0.29) is 23.6 Å². The third kappa shape index (κ3) is 2.51. The van der Waals surface area contributed by atoms with Crippen LogP contribution in [0.25, 0.3) is 0 Å². The van der Waals surface area contributed by atoms with Crippen LogP contribution in [0.15, 0.2) is 51.9 Å². The smallest absolute Gasteiger partial charge is 0.196 e. The first-order valence-electron chi connectivity index (χ1n) is 6.36. The Hall–Kier alpha value is -1.95. The summed E-state index contributed by atoms with van der Waals surface area (Å²) >= 11 is 3.12. The first-order chi connectivity index (χ1) is 10.1. The van der Waals surface area contributed by atoms with Crippen LogP contribution in [0.2, 0.25) is 0 Å². The zero-order chi connectivity index (χ0) is 15.0. The van der Waals surface area contributed by atoms with Gasteiger partial charge in [0.25, 0.3) is 0 Å². The second-order valence-electron chi connectivity index (χ2n) is 4.71. The van der Waals surface area contributed by atoms with E-state index >= 15 is 0 Å². The number of hydrogen-bond acceptors (Lipinski definition) is 3. The monoisotopic (exact) mass is 351 g/mol. The van der Waals surface area contributed by atoms with Crippen molar-refractivity contribution in [3.05, 3.63) is 64.1 Å². The Labute approximate surface area is 129 Å². The molecule has 3 rings (SSSR count). The van der Waals surface area contributed by atoms with E-state index in [1.54, 1.807) is 35.2 Å². The lowest BCUT2D eigenvalue weighted by atomic mass is 10.1. The molecular weight excluding hydrogens is 340 g/mol. The molecule has 0 fully saturated rings. The van der Waals surface area contributed by atoms with Gasteiger partial charge in [0, 0.05) is 0 Å². The molecule has 0 amide bonds. The molecule has 21 heavy (non-hydrogen) atoms. The summed E-state index contributed by atoms with van der Waals surface area (Å²) in [7, 11) is 0. The molecule has 1 aliphatic heterocycles. The minimum absolute atomic E-state index is 0.230. The van der Waals surface area contributed by atoms with Gasteiger partial charge in [0.1, 0.15) is 11.6 Å². The van der Waals surface area contributed by atoms with Gasteiger partial charge in [-0.05, 0) is 45.8 Å². The molecule has 108 valence electrons. The van der Waals surface area contributed by atoms with Crippen LogP contribution in [0.3, 0.4) is 0 Å². The quantitative estimate of drug-likeness (QED) is 0.897. The predicted molar refractivity (Wildman–Crippen MR) is 82.2 cm³/mol. The van der Waals surface area contributed by atoms with Crippen molar-refractivity contribution in [2.24, 2.45) is 10.7 Å². The standard InChI is InChI=1S/C15H12BrF2N3/c16-10-6-5-9(7-12(10)18)14-8-20-15(19)21(14)13-4-2-1-3-11(13)17/h1-7,14H,8H2,(H2,19,20). The average molecular weight is 352 g/mol. The van der Waals surface area contributed by atoms with Crippen molar-refractivity contribution in [1.29, 1.82) is 0 Å². The lowest BCUT2D eigenvalue weighted by Crippen LogP contribution is -2.36. The summed E-state index contributed by atoms with van der Waals surface area (Å²) in [6.45, 7) is 0.362. The van der Waals surface area contributed by atoms with Crippen LogP contribution in [0.1, 0.15) is 11.6 Å². The molecule has 0 bridgehead atoms. The van der Waals surface area contributed by atoms with E-state index in [0.29, 0.717) is 22.3 Å². The third-order valence-electron chi connectivity index (χ3n) is 3.43. The van der Waals surface area contributed by atoms with Crippen molar-refractivity contribution in [2.75, 3.05) is 11.4 Å². The van der Waals surface area contributed by atoms with Gasteiger partial charge in [0.05, 0.1) is 22.7 Å². The second kappa shape index (κ2) is 5.44. The lowest BCUT2D eigenvalue weighted by molar-refractivity contribution is 0.609. The first-order valence-corrected chi connectivity index (χ1v) is 7.16. The molecule has 1 atom stereocenters. The lowest BCUT2D eigenvalue weighted by Gasteiger charge is -2.27. The molecular formula is C15H12BrF2N3. The normalized spacial score (nSPS) is 18.0. The van der Waals surface area contributed by atoms with Gasteiger partial charge in [0.15, 0.2) is 5.96 Å². The maximum Gasteiger partial charge on any atom is 0.196 e. The van der Waals surface area contributed by atoms with Gasteiger partial charge in [0.2, 0.25) is 0 Å². The molecule has 0 saturated heterocycles. The number of aliphatic imine (C=N–C) groups is 1. The van der Waals surface area contributed by atoms with Crippen LogP contribution in [-0.2, 0) is 0 Å². The number of guanidine groups is 1. The van der Waals surface area contributed by atoms with Gasteiger partial charge in [-0.1, -0.05) is 18.2 Å². The minimum atomic E-state index is -0.389. The summed E-state index contributed by atoms with van der Waals surface area (Å²) in [4.78, 5) is 5.76. The van der Waals surface area contributed by atoms with Crippen LogP contribution >= 0.6 is 15.9 Å². The number of rotatable bonds is 2. The highest BCUT2D eigenvalue weighted by molar-refractivity contribution is 9.10. The van der Waals surface area contributed by atoms with E-state index in [0.717, 1.165) is 0 Å². The maximum absolute atomic E-state index is 14.0. The summed E-state index contributed by atoms with van der Waals surface area (Å²) in [5.41, 5.74) is 6.92. The van der Waals surface area contributed by atoms with E-state index < -0.39 is 0 Å². The fraction of sp³-hybridized carbons (Fsp3) is 0.133. The number of benzene rings is 2. The van der Waals surface area contributed by atoms with Crippen molar-refractivity contribution in [3.8, 4) is 0 Å². The molecule has 2 N–H and O–H groups in total. The SMILES string of the molecule is NC1=NCC(c2ccc(Br)c(F)c2)N1c1ccccc1F. The predicted octanol–water partition coefficient (Wildman–Crippen LogP) is 3.60. The zero-order valence-electron chi connectivity index (χ0n) is 10.9. The van der Waals surface area contributed by atoms with Gasteiger partial charge >= 0.3 is 0 Å². The van der Waals surface area contributed by atoms with Crippen LogP contribution in [0.5, 0.6) is 0 Å². The summed E-state index contributed by atoms with van der Waals surface area (Å²) in [5.74, 6) is -0.528. The summed E-state index contributed by atoms with van der Waals surface area (Å²) in [5, 5.41) is 0. The summed E-state index contributed by atoms with van der Waals surface area (Å²) in [6.07, 6.45) is 0. The van der Waals surface area contributed by atoms with Crippen molar-refractivity contribution in [3.63, 3.8) is 0 Å². The molecule has 2 aromatic rings. The van der Waals surface area contributed by atoms with Crippen molar-refractivity contribution >= 4 is 27.6 Å². The molecule has 0 aromatic heterocycles. The number of nitrogens with two attached hydrogens (primary N) is 1. The summed E-state index contributed by atoms with van der Waals surface area (Å²) in [6, 6.07) is 10.8. The van der Waals surface area contributed by atoms with Crippen molar-refractivity contribution in [2.45, 2.75) is 6.04 Å². The zero-order valence-corrected chi connectivity index (χ0v) is 12.5. The van der Waals surface area contributed by atoms with Gasteiger partial charge in [-0.3, -0.25) is 4.99 Å². The molecule has 1 unspecified atom stereocenters. The highest BCUT2D eigenvalue weighted by Gasteiger charge is 2.30. The number of anilines is 1. The molecule has 1 aliphatic rings. The topological polar surface area (TPSA) is 41.6 Å². The Bertz CT molecular complexity index is 718. The Balaban J connectivity index is 2.03. The van der Waals surface area contributed by atoms with Gasteiger partial charge in [-0.15, -0.1) is 0 Å². The van der Waals surface area contributed by atoms with E-state index in [9.17, 15) is 8.78 Å². The number of nitrogens with zero attached hydrogens (tertiary/aromatic N) is 2. The second-order valence-corrected chi connectivity index (χ2v) is 5.56. The van der Waals surface area contributed by atoms with Crippen molar-refractivity contribution < 1.29 is 8.78 Å². The molecule has 0 radical (unpaired) electrons. The molecule has 2 aromatic carbocycles. The Morgan fingerprint density at radius 1 is 1.14 bits per heavy atom. The molecule has 0 spiro atoms. The highest BCUT2D eigenvalue weighted by Crippen LogP contribution is 2.33. The average Bonchev–Trinajstić information content (AvgIpc) is 2.84. The van der Waals surface area contributed by atoms with E-state index in [4.69, 9.17) is 5.73 Å². The highest BCUT2D eigenvalue weighted by atomic mass is 79.9. The maximum atomic E-state index is 14.0. The van der Waals surface area contributed by atoms with E-state index in [1.807, 2.05) is 0 Å². The van der Waals surface area contributed by atoms with E-state index in [1.165, 1.54) is 12.1 Å². The molecule has 1 heterocycles. The fourth-order valence-corrected chi connectivity index (χ4v) is 2.66. The first kappa shape index (κ1) is 14.0. The third-order valence-corrected chi connectivity index (χ3v) is 4.07. The molecule has 0 saturated carbocycles. The number of halogens is 3. The molecule has 6 heteroatoms. The Morgan fingerprint density at radius 2 is 1.90 bits per heavy atom. The van der Waals surface area contributed by atoms with Gasteiger partial charge < -0.3 is 10.6 Å². The van der Waals surface area contributed by atoms with Crippen LogP contribution in [-0.4, -0.2) is 12.5 Å². The number of para-hydroxylation sites is 1. The van der Waals surface area contributed by atoms with Crippen molar-refractivity contribution in [1.82, 2.24) is 0 Å². The van der Waals surface area contributed by atoms with E-state index in [2.05, 4.69) is 20.9 Å². The van der Waals surface area contributed by atoms with Crippen LogP contribution in [0.4, 0.5) is 14.5 Å². The van der Waals surface area contributed by atoms with Crippen LogP contribution in [0, 0.1) is 11.6 Å². The number of hydrogen-bond donors (Lipinski definition) is 1. The Morgan fingerprint density at radius 3 is 2.62 bits per heavy atom. The van der Waals surface area contributed by atoms with Crippen LogP contribution < -0.4 is 10.6 Å². The fourth-order valence-electron chi connectivity index (χ4n) is 2.41. The molecule has 3 nitrogen and oxygen atoms in total. The molecule has 0 aliphatic carbocycles.